The lowest BCUT2D eigenvalue weighted by molar-refractivity contribution is -0.145. The lowest BCUT2D eigenvalue weighted by Gasteiger charge is -2.33. The fourth-order valence-electron chi connectivity index (χ4n) is 4.48. The quantitative estimate of drug-likeness (QED) is 0.734. The maximum atomic E-state index is 11.7. The molecule has 0 saturated heterocycles. The molecule has 2 aliphatic carbocycles. The molecule has 2 fully saturated rings. The third-order valence-electron chi connectivity index (χ3n) is 5.64. The summed E-state index contributed by atoms with van der Waals surface area (Å²) in [5, 5.41) is 9.67. The van der Waals surface area contributed by atoms with E-state index in [1.165, 1.54) is 77.0 Å². The number of carboxylic acids is 1. The van der Waals surface area contributed by atoms with Gasteiger partial charge in [0.25, 0.3) is 0 Å². The lowest BCUT2D eigenvalue weighted by atomic mass is 9.72. The number of hydrogen-bond donors (Lipinski definition) is 1. The summed E-state index contributed by atoms with van der Waals surface area (Å²) < 4.78 is 0. The standard InChI is InChI=1S/C18H32O2/c19-18(20)17-14-10-6-2-5-9-13-16(17)15-11-7-3-1-4-8-12-15/h15-17H,1-14H2,(H,19,20)/t16-,17-/m0/s1. The predicted molar refractivity (Wildman–Crippen MR) is 82.7 cm³/mol. The van der Waals surface area contributed by atoms with E-state index in [0.717, 1.165) is 12.8 Å². The molecule has 2 nitrogen and oxygen atoms in total. The van der Waals surface area contributed by atoms with Crippen LogP contribution in [0.5, 0.6) is 0 Å². The second-order valence-electron chi connectivity index (χ2n) is 7.06. The molecule has 2 atom stereocenters. The van der Waals surface area contributed by atoms with Crippen molar-refractivity contribution in [3.05, 3.63) is 0 Å². The van der Waals surface area contributed by atoms with Crippen LogP contribution in [0, 0.1) is 17.8 Å². The summed E-state index contributed by atoms with van der Waals surface area (Å²) in [4.78, 5) is 11.7. The van der Waals surface area contributed by atoms with E-state index in [4.69, 9.17) is 0 Å². The van der Waals surface area contributed by atoms with Gasteiger partial charge in [-0.2, -0.15) is 0 Å². The van der Waals surface area contributed by atoms with Gasteiger partial charge >= 0.3 is 5.97 Å². The Morgan fingerprint density at radius 1 is 0.650 bits per heavy atom. The van der Waals surface area contributed by atoms with Crippen LogP contribution < -0.4 is 0 Å². The molecule has 0 unspecified atom stereocenters. The first-order valence-corrected chi connectivity index (χ1v) is 9.02. The molecular formula is C18H32O2. The highest BCUT2D eigenvalue weighted by Crippen LogP contribution is 2.38. The lowest BCUT2D eigenvalue weighted by Crippen LogP contribution is -2.30. The van der Waals surface area contributed by atoms with Crippen molar-refractivity contribution in [2.24, 2.45) is 17.8 Å². The number of hydrogen-bond acceptors (Lipinski definition) is 1. The third-order valence-corrected chi connectivity index (χ3v) is 5.64. The van der Waals surface area contributed by atoms with Crippen LogP contribution in [0.4, 0.5) is 0 Å². The van der Waals surface area contributed by atoms with Crippen molar-refractivity contribution in [3.63, 3.8) is 0 Å². The van der Waals surface area contributed by atoms with E-state index >= 15 is 0 Å². The maximum Gasteiger partial charge on any atom is 0.306 e. The number of carboxylic acid groups (broad SMARTS) is 1. The zero-order valence-electron chi connectivity index (χ0n) is 13.0. The molecule has 2 heteroatoms. The summed E-state index contributed by atoms with van der Waals surface area (Å²) in [5.74, 6) is 0.578. The number of aliphatic carboxylic acids is 1. The third kappa shape index (κ3) is 4.79. The Bertz CT molecular complexity index is 279. The van der Waals surface area contributed by atoms with E-state index in [0.29, 0.717) is 11.8 Å². The summed E-state index contributed by atoms with van der Waals surface area (Å²) in [7, 11) is 0. The predicted octanol–water partition coefficient (Wildman–Crippen LogP) is 5.41. The topological polar surface area (TPSA) is 37.3 Å². The Labute approximate surface area is 124 Å². The average molecular weight is 280 g/mol. The van der Waals surface area contributed by atoms with Crippen LogP contribution in [0.25, 0.3) is 0 Å². The first-order valence-electron chi connectivity index (χ1n) is 9.02. The highest BCUT2D eigenvalue weighted by molar-refractivity contribution is 5.70. The van der Waals surface area contributed by atoms with Crippen LogP contribution in [0.3, 0.4) is 0 Å². The van der Waals surface area contributed by atoms with Gasteiger partial charge in [0.05, 0.1) is 5.92 Å². The molecule has 0 heterocycles. The first-order chi connectivity index (χ1) is 9.79. The fraction of sp³-hybridized carbons (Fsp3) is 0.944. The summed E-state index contributed by atoms with van der Waals surface area (Å²) in [6.45, 7) is 0. The second-order valence-corrected chi connectivity index (χ2v) is 7.06. The van der Waals surface area contributed by atoms with E-state index in [-0.39, 0.29) is 5.92 Å². The van der Waals surface area contributed by atoms with E-state index in [2.05, 4.69) is 0 Å². The minimum atomic E-state index is -0.515. The Balaban J connectivity index is 2.05. The van der Waals surface area contributed by atoms with Crippen LogP contribution in [0.1, 0.15) is 89.9 Å². The van der Waals surface area contributed by atoms with Crippen molar-refractivity contribution < 1.29 is 9.90 Å². The molecule has 116 valence electrons. The Morgan fingerprint density at radius 3 is 1.65 bits per heavy atom. The highest BCUT2D eigenvalue weighted by Gasteiger charge is 2.33. The van der Waals surface area contributed by atoms with Crippen molar-refractivity contribution >= 4 is 5.97 Å². The van der Waals surface area contributed by atoms with E-state index in [1.54, 1.807) is 0 Å². The zero-order valence-corrected chi connectivity index (χ0v) is 13.0. The molecule has 2 saturated carbocycles. The molecule has 0 bridgehead atoms. The summed E-state index contributed by atoms with van der Waals surface area (Å²) in [6.07, 6.45) is 17.7. The van der Waals surface area contributed by atoms with E-state index < -0.39 is 5.97 Å². The van der Waals surface area contributed by atoms with Crippen LogP contribution in [-0.2, 0) is 4.79 Å². The van der Waals surface area contributed by atoms with Crippen molar-refractivity contribution in [1.82, 2.24) is 0 Å². The molecule has 1 N–H and O–H groups in total. The van der Waals surface area contributed by atoms with Crippen LogP contribution in [0.15, 0.2) is 0 Å². The Hall–Kier alpha value is -0.530. The van der Waals surface area contributed by atoms with Crippen molar-refractivity contribution in [2.45, 2.75) is 89.9 Å². The van der Waals surface area contributed by atoms with Crippen molar-refractivity contribution in [2.75, 3.05) is 0 Å². The summed E-state index contributed by atoms with van der Waals surface area (Å²) in [5.41, 5.74) is 0. The van der Waals surface area contributed by atoms with Crippen molar-refractivity contribution in [1.29, 1.82) is 0 Å². The SMILES string of the molecule is O=C(O)[C@H]1CCCCCCC[C@H]1C1CCCCCCC1. The minimum absolute atomic E-state index is 0.0578. The molecular weight excluding hydrogens is 248 g/mol. The van der Waals surface area contributed by atoms with Gasteiger partial charge in [0.1, 0.15) is 0 Å². The molecule has 0 aromatic rings. The fourth-order valence-corrected chi connectivity index (χ4v) is 4.48. The normalized spacial score (nSPS) is 31.4. The summed E-state index contributed by atoms with van der Waals surface area (Å²) >= 11 is 0. The number of carbonyl (C=O) groups is 1. The van der Waals surface area contributed by atoms with Gasteiger partial charge in [0, 0.05) is 0 Å². The molecule has 0 aromatic carbocycles. The minimum Gasteiger partial charge on any atom is -0.481 e. The molecule has 2 aliphatic rings. The van der Waals surface area contributed by atoms with E-state index in [1.807, 2.05) is 0 Å². The van der Waals surface area contributed by atoms with E-state index in [9.17, 15) is 9.90 Å². The number of rotatable bonds is 2. The van der Waals surface area contributed by atoms with Gasteiger partial charge in [0.2, 0.25) is 0 Å². The summed E-state index contributed by atoms with van der Waals surface area (Å²) in [6, 6.07) is 0. The second kappa shape index (κ2) is 8.69. The van der Waals surface area contributed by atoms with Crippen LogP contribution in [0.2, 0.25) is 0 Å². The zero-order chi connectivity index (χ0) is 14.2. The van der Waals surface area contributed by atoms with Gasteiger partial charge in [-0.3, -0.25) is 4.79 Å². The largest absolute Gasteiger partial charge is 0.481 e. The van der Waals surface area contributed by atoms with Gasteiger partial charge in [-0.15, -0.1) is 0 Å². The van der Waals surface area contributed by atoms with Gasteiger partial charge < -0.3 is 5.11 Å². The molecule has 0 spiro atoms. The molecule has 2 rings (SSSR count). The molecule has 0 radical (unpaired) electrons. The van der Waals surface area contributed by atoms with Gasteiger partial charge in [-0.25, -0.2) is 0 Å². The smallest absolute Gasteiger partial charge is 0.306 e. The average Bonchev–Trinajstić information content (AvgIpc) is 2.50. The Kier molecular flexibility index (Phi) is 6.89. The monoisotopic (exact) mass is 280 g/mol. The van der Waals surface area contributed by atoms with Crippen LogP contribution >= 0.6 is 0 Å². The van der Waals surface area contributed by atoms with Gasteiger partial charge in [-0.1, -0.05) is 77.0 Å². The van der Waals surface area contributed by atoms with Gasteiger partial charge in [0.15, 0.2) is 0 Å². The molecule has 0 amide bonds. The highest BCUT2D eigenvalue weighted by atomic mass is 16.4. The maximum absolute atomic E-state index is 11.7. The first kappa shape index (κ1) is 15.9. The molecule has 0 aliphatic heterocycles. The molecule has 20 heavy (non-hydrogen) atoms. The Morgan fingerprint density at radius 2 is 1.10 bits per heavy atom. The molecule has 0 aromatic heterocycles. The van der Waals surface area contributed by atoms with Crippen molar-refractivity contribution in [3.8, 4) is 0 Å². The van der Waals surface area contributed by atoms with Crippen LogP contribution in [-0.4, -0.2) is 11.1 Å². The van der Waals surface area contributed by atoms with Gasteiger partial charge in [-0.05, 0) is 24.7 Å².